The second kappa shape index (κ2) is 7.53. The van der Waals surface area contributed by atoms with E-state index < -0.39 is 0 Å². The molecule has 0 heterocycles. The Bertz CT molecular complexity index is 194. The first-order valence-corrected chi connectivity index (χ1v) is 4.55. The number of Topliss-reactive ketones (excluding diaryl/α,β-unsaturated/α-hetero) is 1. The van der Waals surface area contributed by atoms with Crippen LogP contribution in [0.5, 0.6) is 0 Å². The van der Waals surface area contributed by atoms with E-state index in [-0.39, 0.29) is 11.8 Å². The summed E-state index contributed by atoms with van der Waals surface area (Å²) >= 11 is 0. The number of esters is 1. The fraction of sp³-hybridized carbons (Fsp3) is 0.600. The van der Waals surface area contributed by atoms with E-state index >= 15 is 0 Å². The summed E-state index contributed by atoms with van der Waals surface area (Å²) in [4.78, 5) is 21.7. The Labute approximate surface area is 78.8 Å². The highest BCUT2D eigenvalue weighted by molar-refractivity contribution is 5.84. The van der Waals surface area contributed by atoms with E-state index in [0.29, 0.717) is 19.4 Å². The number of allylic oxidation sites excluding steroid dienone is 1. The molecule has 0 radical (unpaired) electrons. The third kappa shape index (κ3) is 7.25. The molecular weight excluding hydrogens is 168 g/mol. The first-order valence-electron chi connectivity index (χ1n) is 4.55. The summed E-state index contributed by atoms with van der Waals surface area (Å²) in [6.45, 7) is 4.06. The van der Waals surface area contributed by atoms with Crippen molar-refractivity contribution < 1.29 is 14.3 Å². The van der Waals surface area contributed by atoms with Gasteiger partial charge in [-0.1, -0.05) is 13.0 Å². The van der Waals surface area contributed by atoms with E-state index in [9.17, 15) is 9.59 Å². The van der Waals surface area contributed by atoms with Crippen molar-refractivity contribution in [2.45, 2.75) is 33.1 Å². The van der Waals surface area contributed by atoms with Gasteiger partial charge < -0.3 is 4.74 Å². The van der Waals surface area contributed by atoms with Crippen LogP contribution in [-0.2, 0) is 14.3 Å². The molecule has 0 N–H and O–H groups in total. The second-order valence-corrected chi connectivity index (χ2v) is 2.65. The zero-order valence-electron chi connectivity index (χ0n) is 8.21. The highest BCUT2D eigenvalue weighted by Crippen LogP contribution is 1.95. The highest BCUT2D eigenvalue weighted by atomic mass is 16.5. The molecule has 0 aromatic heterocycles. The average Bonchev–Trinajstić information content (AvgIpc) is 2.05. The lowest BCUT2D eigenvalue weighted by molar-refractivity contribution is -0.137. The van der Waals surface area contributed by atoms with Gasteiger partial charge in [0.2, 0.25) is 0 Å². The van der Waals surface area contributed by atoms with E-state index in [1.54, 1.807) is 13.0 Å². The summed E-state index contributed by atoms with van der Waals surface area (Å²) in [6.07, 6.45) is 4.61. The largest absolute Gasteiger partial charge is 0.463 e. The quantitative estimate of drug-likeness (QED) is 0.467. The van der Waals surface area contributed by atoms with E-state index in [1.165, 1.54) is 6.08 Å². The summed E-state index contributed by atoms with van der Waals surface area (Å²) in [5.74, 6) is -0.227. The Balaban J connectivity index is 3.61. The minimum atomic E-state index is -0.383. The van der Waals surface area contributed by atoms with Crippen molar-refractivity contribution in [3.63, 3.8) is 0 Å². The van der Waals surface area contributed by atoms with Gasteiger partial charge in [0.05, 0.1) is 6.61 Å². The maximum Gasteiger partial charge on any atom is 0.330 e. The number of rotatable bonds is 6. The summed E-state index contributed by atoms with van der Waals surface area (Å²) in [5, 5.41) is 0. The van der Waals surface area contributed by atoms with Gasteiger partial charge >= 0.3 is 5.97 Å². The van der Waals surface area contributed by atoms with Gasteiger partial charge in [-0.2, -0.15) is 0 Å². The molecule has 0 rings (SSSR count). The van der Waals surface area contributed by atoms with E-state index in [4.69, 9.17) is 0 Å². The topological polar surface area (TPSA) is 43.4 Å². The first kappa shape index (κ1) is 11.9. The molecule has 0 saturated carbocycles. The molecule has 74 valence electrons. The van der Waals surface area contributed by atoms with Crippen LogP contribution in [-0.4, -0.2) is 18.4 Å². The summed E-state index contributed by atoms with van der Waals surface area (Å²) in [6, 6.07) is 0. The van der Waals surface area contributed by atoms with Gasteiger partial charge in [0, 0.05) is 18.9 Å². The number of ether oxygens (including phenoxy) is 1. The fourth-order valence-corrected chi connectivity index (χ4v) is 0.858. The molecule has 0 aliphatic rings. The Morgan fingerprint density at radius 1 is 1.31 bits per heavy atom. The summed E-state index contributed by atoms with van der Waals surface area (Å²) in [7, 11) is 0. The van der Waals surface area contributed by atoms with Crippen LogP contribution in [0, 0.1) is 0 Å². The third-order valence-electron chi connectivity index (χ3n) is 1.41. The molecule has 13 heavy (non-hydrogen) atoms. The van der Waals surface area contributed by atoms with Crippen LogP contribution in [0.3, 0.4) is 0 Å². The maximum absolute atomic E-state index is 11.0. The standard InChI is InChI=1S/C10H16O3/c1-3-6-9(11)7-5-8-10(12)13-4-2/h5,8H,3-4,6-7H2,1-2H3/b8-5+. The summed E-state index contributed by atoms with van der Waals surface area (Å²) in [5.41, 5.74) is 0. The summed E-state index contributed by atoms with van der Waals surface area (Å²) < 4.78 is 4.65. The Morgan fingerprint density at radius 2 is 2.00 bits per heavy atom. The average molecular weight is 184 g/mol. The Morgan fingerprint density at radius 3 is 2.54 bits per heavy atom. The van der Waals surface area contributed by atoms with Gasteiger partial charge in [-0.25, -0.2) is 4.79 Å². The van der Waals surface area contributed by atoms with Gasteiger partial charge in [-0.05, 0) is 13.3 Å². The van der Waals surface area contributed by atoms with Crippen LogP contribution in [0.25, 0.3) is 0 Å². The number of hydrogen-bond acceptors (Lipinski definition) is 3. The zero-order chi connectivity index (χ0) is 10.1. The van der Waals surface area contributed by atoms with Crippen LogP contribution in [0.4, 0.5) is 0 Å². The van der Waals surface area contributed by atoms with Gasteiger partial charge in [-0.15, -0.1) is 0 Å². The van der Waals surface area contributed by atoms with Crippen molar-refractivity contribution in [3.8, 4) is 0 Å². The molecule has 3 nitrogen and oxygen atoms in total. The zero-order valence-corrected chi connectivity index (χ0v) is 8.21. The van der Waals surface area contributed by atoms with Gasteiger partial charge in [0.15, 0.2) is 0 Å². The molecule has 0 bridgehead atoms. The lowest BCUT2D eigenvalue weighted by Crippen LogP contribution is -2.00. The monoisotopic (exact) mass is 184 g/mol. The number of ketones is 1. The Kier molecular flexibility index (Phi) is 6.88. The van der Waals surface area contributed by atoms with Crippen LogP contribution >= 0.6 is 0 Å². The number of carbonyl (C=O) groups is 2. The molecule has 0 aromatic rings. The van der Waals surface area contributed by atoms with Crippen LogP contribution in [0.2, 0.25) is 0 Å². The molecule has 0 fully saturated rings. The normalized spacial score (nSPS) is 10.3. The van der Waals surface area contributed by atoms with E-state index in [2.05, 4.69) is 4.74 Å². The molecule has 0 amide bonds. The van der Waals surface area contributed by atoms with Crippen molar-refractivity contribution >= 4 is 11.8 Å². The molecule has 0 atom stereocenters. The second-order valence-electron chi connectivity index (χ2n) is 2.65. The molecule has 0 spiro atoms. The third-order valence-corrected chi connectivity index (χ3v) is 1.41. The van der Waals surface area contributed by atoms with Crippen LogP contribution in [0.15, 0.2) is 12.2 Å². The van der Waals surface area contributed by atoms with Gasteiger partial charge in [-0.3, -0.25) is 4.79 Å². The van der Waals surface area contributed by atoms with Gasteiger partial charge in [0.25, 0.3) is 0 Å². The molecule has 0 unspecified atom stereocenters. The molecule has 0 aromatic carbocycles. The van der Waals surface area contributed by atoms with Crippen LogP contribution < -0.4 is 0 Å². The van der Waals surface area contributed by atoms with Crippen LogP contribution in [0.1, 0.15) is 33.1 Å². The first-order chi connectivity index (χ1) is 6.20. The minimum Gasteiger partial charge on any atom is -0.463 e. The van der Waals surface area contributed by atoms with Crippen molar-refractivity contribution in [1.29, 1.82) is 0 Å². The molecule has 0 aliphatic heterocycles. The lowest BCUT2D eigenvalue weighted by Gasteiger charge is -1.94. The van der Waals surface area contributed by atoms with E-state index in [1.807, 2.05) is 6.92 Å². The van der Waals surface area contributed by atoms with E-state index in [0.717, 1.165) is 6.42 Å². The molecule has 0 saturated heterocycles. The number of hydrogen-bond donors (Lipinski definition) is 0. The SMILES string of the molecule is CCCC(=O)C/C=C/C(=O)OCC. The number of carbonyl (C=O) groups excluding carboxylic acids is 2. The van der Waals surface area contributed by atoms with Crippen molar-refractivity contribution in [3.05, 3.63) is 12.2 Å². The molecular formula is C10H16O3. The minimum absolute atomic E-state index is 0.156. The highest BCUT2D eigenvalue weighted by Gasteiger charge is 1.97. The maximum atomic E-state index is 11.0. The predicted octanol–water partition coefficient (Wildman–Crippen LogP) is 1.86. The lowest BCUT2D eigenvalue weighted by atomic mass is 10.2. The van der Waals surface area contributed by atoms with Gasteiger partial charge in [0.1, 0.15) is 5.78 Å². The molecule has 3 heteroatoms. The van der Waals surface area contributed by atoms with Crippen molar-refractivity contribution in [2.24, 2.45) is 0 Å². The van der Waals surface area contributed by atoms with Crippen molar-refractivity contribution in [1.82, 2.24) is 0 Å². The Hall–Kier alpha value is -1.12. The smallest absolute Gasteiger partial charge is 0.330 e. The predicted molar refractivity (Wildman–Crippen MR) is 50.3 cm³/mol. The fourth-order valence-electron chi connectivity index (χ4n) is 0.858. The van der Waals surface area contributed by atoms with Crippen molar-refractivity contribution in [2.75, 3.05) is 6.61 Å². The molecule has 0 aliphatic carbocycles.